The number of hydrogen-bond donors (Lipinski definition) is 1. The quantitative estimate of drug-likeness (QED) is 0.862. The molecule has 18 heavy (non-hydrogen) atoms. The van der Waals surface area contributed by atoms with Crippen LogP contribution in [0.3, 0.4) is 0 Å². The van der Waals surface area contributed by atoms with Gasteiger partial charge in [0, 0.05) is 6.07 Å². The van der Waals surface area contributed by atoms with E-state index in [-0.39, 0.29) is 6.04 Å². The summed E-state index contributed by atoms with van der Waals surface area (Å²) in [6, 6.07) is 1.94. The van der Waals surface area contributed by atoms with Gasteiger partial charge in [0.2, 0.25) is 5.88 Å². The molecule has 5 nitrogen and oxygen atoms in total. The van der Waals surface area contributed by atoms with Crippen LogP contribution >= 0.6 is 0 Å². The maximum atomic E-state index is 5.41. The number of likely N-dealkylation sites (N-methyl/N-ethyl adjacent to an activating group) is 1. The van der Waals surface area contributed by atoms with Crippen molar-refractivity contribution in [2.75, 3.05) is 20.3 Å². The van der Waals surface area contributed by atoms with E-state index in [2.05, 4.69) is 22.2 Å². The van der Waals surface area contributed by atoms with Crippen molar-refractivity contribution in [2.24, 2.45) is 0 Å². The summed E-state index contributed by atoms with van der Waals surface area (Å²) in [6.07, 6.45) is 5.47. The highest BCUT2D eigenvalue weighted by Crippen LogP contribution is 2.27. The lowest BCUT2D eigenvalue weighted by molar-refractivity contribution is 0.219. The van der Waals surface area contributed by atoms with Crippen molar-refractivity contribution in [1.82, 2.24) is 15.3 Å². The van der Waals surface area contributed by atoms with Crippen molar-refractivity contribution in [3.8, 4) is 5.88 Å². The van der Waals surface area contributed by atoms with Gasteiger partial charge < -0.3 is 14.8 Å². The van der Waals surface area contributed by atoms with Crippen LogP contribution in [0, 0.1) is 0 Å². The van der Waals surface area contributed by atoms with Gasteiger partial charge in [-0.15, -0.1) is 0 Å². The van der Waals surface area contributed by atoms with Crippen LogP contribution in [0.5, 0.6) is 5.88 Å². The van der Waals surface area contributed by atoms with Crippen molar-refractivity contribution in [1.29, 1.82) is 0 Å². The molecular formula is C13H19N3O2. The fraction of sp³-hybridized carbons (Fsp3) is 0.538. The lowest BCUT2D eigenvalue weighted by atomic mass is 9.99. The highest BCUT2D eigenvalue weighted by molar-refractivity contribution is 5.25. The summed E-state index contributed by atoms with van der Waals surface area (Å²) in [6.45, 7) is 3.75. The smallest absolute Gasteiger partial charge is 0.216 e. The molecule has 1 unspecified atom stereocenters. The number of methoxy groups -OCH3 is 1. The predicted molar refractivity (Wildman–Crippen MR) is 68.3 cm³/mol. The van der Waals surface area contributed by atoms with Gasteiger partial charge in [0.25, 0.3) is 0 Å². The van der Waals surface area contributed by atoms with Crippen LogP contribution in [0.4, 0.5) is 0 Å². The highest BCUT2D eigenvalue weighted by atomic mass is 16.5. The summed E-state index contributed by atoms with van der Waals surface area (Å²) in [5.41, 5.74) is 2.14. The topological polar surface area (TPSA) is 56.3 Å². The summed E-state index contributed by atoms with van der Waals surface area (Å²) >= 11 is 0. The van der Waals surface area contributed by atoms with Crippen LogP contribution in [0.1, 0.15) is 31.5 Å². The third-order valence-corrected chi connectivity index (χ3v) is 2.91. The van der Waals surface area contributed by atoms with Crippen LogP contribution in [-0.2, 0) is 4.74 Å². The predicted octanol–water partition coefficient (Wildman–Crippen LogP) is 1.83. The molecule has 1 aromatic rings. The third-order valence-electron chi connectivity index (χ3n) is 2.91. The van der Waals surface area contributed by atoms with E-state index < -0.39 is 0 Å². The molecule has 1 N–H and O–H groups in total. The Morgan fingerprint density at radius 1 is 1.50 bits per heavy atom. The largest absolute Gasteiger partial charge is 0.501 e. The van der Waals surface area contributed by atoms with Gasteiger partial charge in [-0.25, -0.2) is 9.97 Å². The molecule has 0 radical (unpaired) electrons. The van der Waals surface area contributed by atoms with Gasteiger partial charge in [-0.2, -0.15) is 0 Å². The molecule has 2 rings (SSSR count). The summed E-state index contributed by atoms with van der Waals surface area (Å²) < 4.78 is 10.6. The molecule has 0 aliphatic carbocycles. The zero-order valence-corrected chi connectivity index (χ0v) is 10.8. The third kappa shape index (κ3) is 2.98. The SMILES string of the molecule is CCNC(C1=COCCC1)c1cc(OC)ncn1. The lowest BCUT2D eigenvalue weighted by Gasteiger charge is -2.23. The van der Waals surface area contributed by atoms with E-state index in [1.807, 2.05) is 12.3 Å². The Kier molecular flexibility index (Phi) is 4.52. The van der Waals surface area contributed by atoms with Gasteiger partial charge in [0.1, 0.15) is 6.33 Å². The second-order valence-electron chi connectivity index (χ2n) is 4.14. The van der Waals surface area contributed by atoms with E-state index in [9.17, 15) is 0 Å². The summed E-state index contributed by atoms with van der Waals surface area (Å²) in [5, 5.41) is 3.43. The molecule has 1 aromatic heterocycles. The van der Waals surface area contributed by atoms with E-state index >= 15 is 0 Å². The van der Waals surface area contributed by atoms with Gasteiger partial charge >= 0.3 is 0 Å². The fourth-order valence-electron chi connectivity index (χ4n) is 2.05. The first-order chi connectivity index (χ1) is 8.85. The fourth-order valence-corrected chi connectivity index (χ4v) is 2.05. The molecule has 0 saturated carbocycles. The van der Waals surface area contributed by atoms with E-state index in [0.29, 0.717) is 5.88 Å². The van der Waals surface area contributed by atoms with Crippen LogP contribution in [0.2, 0.25) is 0 Å². The average Bonchev–Trinajstić information content (AvgIpc) is 2.46. The average molecular weight is 249 g/mol. The second-order valence-corrected chi connectivity index (χ2v) is 4.14. The zero-order chi connectivity index (χ0) is 12.8. The van der Waals surface area contributed by atoms with Crippen LogP contribution < -0.4 is 10.1 Å². The van der Waals surface area contributed by atoms with Gasteiger partial charge in [-0.3, -0.25) is 0 Å². The van der Waals surface area contributed by atoms with Gasteiger partial charge in [0.15, 0.2) is 0 Å². The number of hydrogen-bond acceptors (Lipinski definition) is 5. The van der Waals surface area contributed by atoms with E-state index in [1.54, 1.807) is 7.11 Å². The first-order valence-corrected chi connectivity index (χ1v) is 6.25. The van der Waals surface area contributed by atoms with E-state index in [4.69, 9.17) is 9.47 Å². The summed E-state index contributed by atoms with van der Waals surface area (Å²) in [7, 11) is 1.61. The standard InChI is InChI=1S/C13H19N3O2/c1-3-14-13(10-5-4-6-18-8-10)11-7-12(17-2)16-9-15-11/h7-9,13-14H,3-6H2,1-2H3. The number of aromatic nitrogens is 2. The maximum absolute atomic E-state index is 5.41. The molecule has 1 atom stereocenters. The molecule has 0 spiro atoms. The molecular weight excluding hydrogens is 230 g/mol. The van der Waals surface area contributed by atoms with E-state index in [1.165, 1.54) is 11.9 Å². The first-order valence-electron chi connectivity index (χ1n) is 6.25. The molecule has 2 heterocycles. The summed E-state index contributed by atoms with van der Waals surface area (Å²) in [5.74, 6) is 0.584. The summed E-state index contributed by atoms with van der Waals surface area (Å²) in [4.78, 5) is 8.37. The van der Waals surface area contributed by atoms with Crippen LogP contribution in [0.25, 0.3) is 0 Å². The molecule has 0 aromatic carbocycles. The minimum atomic E-state index is 0.0761. The minimum absolute atomic E-state index is 0.0761. The van der Waals surface area contributed by atoms with Crippen LogP contribution in [0.15, 0.2) is 24.2 Å². The Balaban J connectivity index is 2.25. The Bertz CT molecular complexity index is 420. The monoisotopic (exact) mass is 249 g/mol. The molecule has 0 saturated heterocycles. The van der Waals surface area contributed by atoms with Crippen molar-refractivity contribution < 1.29 is 9.47 Å². The number of ether oxygens (including phenoxy) is 2. The second kappa shape index (κ2) is 6.35. The van der Waals surface area contributed by atoms with E-state index in [0.717, 1.165) is 31.7 Å². The molecule has 0 amide bonds. The van der Waals surface area contributed by atoms with Gasteiger partial charge in [-0.1, -0.05) is 6.92 Å². The minimum Gasteiger partial charge on any atom is -0.501 e. The maximum Gasteiger partial charge on any atom is 0.216 e. The number of nitrogens with one attached hydrogen (secondary N) is 1. The zero-order valence-electron chi connectivity index (χ0n) is 10.8. The van der Waals surface area contributed by atoms with Crippen molar-refractivity contribution in [3.63, 3.8) is 0 Å². The molecule has 98 valence electrons. The normalized spacial score (nSPS) is 16.7. The number of nitrogens with zero attached hydrogens (tertiary/aromatic N) is 2. The lowest BCUT2D eigenvalue weighted by Crippen LogP contribution is -2.25. The van der Waals surface area contributed by atoms with Crippen molar-refractivity contribution in [2.45, 2.75) is 25.8 Å². The Hall–Kier alpha value is -1.62. The van der Waals surface area contributed by atoms with Crippen molar-refractivity contribution in [3.05, 3.63) is 29.9 Å². The molecule has 0 bridgehead atoms. The van der Waals surface area contributed by atoms with Crippen LogP contribution in [-0.4, -0.2) is 30.2 Å². The van der Waals surface area contributed by atoms with Gasteiger partial charge in [0.05, 0.1) is 31.7 Å². The number of rotatable bonds is 5. The molecule has 5 heteroatoms. The molecule has 1 aliphatic heterocycles. The first kappa shape index (κ1) is 12.8. The Morgan fingerprint density at radius 2 is 2.39 bits per heavy atom. The highest BCUT2D eigenvalue weighted by Gasteiger charge is 2.20. The van der Waals surface area contributed by atoms with Gasteiger partial charge in [-0.05, 0) is 25.0 Å². The molecule has 1 aliphatic rings. The molecule has 0 fully saturated rings. The Labute approximate surface area is 107 Å². The Morgan fingerprint density at radius 3 is 3.06 bits per heavy atom. The van der Waals surface area contributed by atoms with Crippen molar-refractivity contribution >= 4 is 0 Å².